The molecule has 0 aliphatic heterocycles. The van der Waals surface area contributed by atoms with Gasteiger partial charge in [0.15, 0.2) is 12.6 Å². The second kappa shape index (κ2) is 11.5. The van der Waals surface area contributed by atoms with Crippen molar-refractivity contribution in [3.63, 3.8) is 0 Å². The summed E-state index contributed by atoms with van der Waals surface area (Å²) in [5.74, 6) is -5.25. The summed E-state index contributed by atoms with van der Waals surface area (Å²) in [6.45, 7) is 3.59. The smallest absolute Gasteiger partial charge is 0.334 e. The van der Waals surface area contributed by atoms with Crippen molar-refractivity contribution < 1.29 is 33.8 Å². The van der Waals surface area contributed by atoms with E-state index in [1.165, 1.54) is 19.1 Å². The van der Waals surface area contributed by atoms with Crippen LogP contribution in [0.25, 0.3) is 0 Å². The van der Waals surface area contributed by atoms with Gasteiger partial charge in [0.05, 0.1) is 6.42 Å². The lowest BCUT2D eigenvalue weighted by molar-refractivity contribution is -0.153. The fourth-order valence-corrected chi connectivity index (χ4v) is 2.93. The summed E-state index contributed by atoms with van der Waals surface area (Å²) in [6, 6.07) is 1.65. The summed E-state index contributed by atoms with van der Waals surface area (Å²) in [7, 11) is 0. The van der Waals surface area contributed by atoms with E-state index in [9.17, 15) is 29.1 Å². The molecule has 1 aromatic carbocycles. The molecule has 11 heteroatoms. The quantitative estimate of drug-likeness (QED) is 0.353. The van der Waals surface area contributed by atoms with Crippen molar-refractivity contribution in [3.05, 3.63) is 33.8 Å². The number of ketones is 1. The number of aliphatic carboxylic acids is 1. The first-order valence-corrected chi connectivity index (χ1v) is 9.61. The number of carboxylic acids is 1. The lowest BCUT2D eigenvalue weighted by Crippen LogP contribution is -2.56. The SMILES string of the molecule is CC(=O)N[C@H](C(=O)N[C@@H](C(=O)O)C(=O)COC(=O)Cc1c(Cl)cccc1Cl)C(C)C. The third-order valence-corrected chi connectivity index (χ3v) is 4.63. The molecule has 0 aliphatic carbocycles. The summed E-state index contributed by atoms with van der Waals surface area (Å²) in [4.78, 5) is 59.2. The minimum atomic E-state index is -1.95. The lowest BCUT2D eigenvalue weighted by atomic mass is 10.0. The highest BCUT2D eigenvalue weighted by molar-refractivity contribution is 6.36. The van der Waals surface area contributed by atoms with Crippen LogP contribution < -0.4 is 10.6 Å². The second-order valence-corrected chi connectivity index (χ2v) is 7.52. The van der Waals surface area contributed by atoms with Gasteiger partial charge in [0.1, 0.15) is 6.04 Å². The molecule has 30 heavy (non-hydrogen) atoms. The molecule has 0 spiro atoms. The maximum Gasteiger partial charge on any atom is 0.334 e. The highest BCUT2D eigenvalue weighted by atomic mass is 35.5. The molecular weight excluding hydrogens is 439 g/mol. The maximum absolute atomic E-state index is 12.3. The zero-order chi connectivity index (χ0) is 23.0. The number of carboxylic acid groups (broad SMARTS) is 1. The van der Waals surface area contributed by atoms with Gasteiger partial charge in [0, 0.05) is 22.5 Å². The van der Waals surface area contributed by atoms with Crippen LogP contribution in [0.1, 0.15) is 26.3 Å². The molecule has 0 aliphatic rings. The van der Waals surface area contributed by atoms with E-state index in [1.54, 1.807) is 19.9 Å². The largest absolute Gasteiger partial charge is 0.479 e. The normalized spacial score (nSPS) is 12.6. The van der Waals surface area contributed by atoms with Gasteiger partial charge < -0.3 is 20.5 Å². The number of halogens is 2. The first-order valence-electron chi connectivity index (χ1n) is 8.85. The zero-order valence-electron chi connectivity index (χ0n) is 16.5. The topological polar surface area (TPSA) is 139 Å². The molecule has 2 amide bonds. The minimum Gasteiger partial charge on any atom is -0.479 e. The Labute approximate surface area is 183 Å². The number of nitrogens with one attached hydrogen (secondary N) is 2. The van der Waals surface area contributed by atoms with E-state index in [-0.39, 0.29) is 22.4 Å². The van der Waals surface area contributed by atoms with Crippen molar-refractivity contribution in [1.82, 2.24) is 10.6 Å². The Hall–Kier alpha value is -2.65. The number of benzene rings is 1. The molecule has 0 aromatic heterocycles. The van der Waals surface area contributed by atoms with Gasteiger partial charge in [-0.15, -0.1) is 0 Å². The highest BCUT2D eigenvalue weighted by Crippen LogP contribution is 2.24. The highest BCUT2D eigenvalue weighted by Gasteiger charge is 2.32. The van der Waals surface area contributed by atoms with Crippen LogP contribution in [-0.4, -0.2) is 53.3 Å². The molecule has 164 valence electrons. The van der Waals surface area contributed by atoms with Gasteiger partial charge in [-0.1, -0.05) is 43.1 Å². The molecule has 0 fully saturated rings. The van der Waals surface area contributed by atoms with Crippen LogP contribution in [0.2, 0.25) is 10.0 Å². The number of hydrogen-bond donors (Lipinski definition) is 3. The van der Waals surface area contributed by atoms with E-state index in [0.29, 0.717) is 5.56 Å². The fourth-order valence-electron chi connectivity index (χ4n) is 2.40. The monoisotopic (exact) mass is 460 g/mol. The number of carbonyl (C=O) groups is 5. The van der Waals surface area contributed by atoms with E-state index < -0.39 is 48.2 Å². The average Bonchev–Trinajstić information content (AvgIpc) is 2.64. The number of hydrogen-bond acceptors (Lipinski definition) is 6. The van der Waals surface area contributed by atoms with Crippen LogP contribution in [0.3, 0.4) is 0 Å². The zero-order valence-corrected chi connectivity index (χ0v) is 18.0. The van der Waals surface area contributed by atoms with Gasteiger partial charge >= 0.3 is 11.9 Å². The molecule has 0 saturated heterocycles. The minimum absolute atomic E-state index is 0.235. The molecule has 0 radical (unpaired) electrons. The number of esters is 1. The van der Waals surface area contributed by atoms with Crippen LogP contribution in [-0.2, 0) is 35.1 Å². The number of ether oxygens (including phenoxy) is 1. The number of carbonyl (C=O) groups excluding carboxylic acids is 4. The van der Waals surface area contributed by atoms with Gasteiger partial charge in [0.25, 0.3) is 0 Å². The van der Waals surface area contributed by atoms with Crippen LogP contribution in [0.4, 0.5) is 0 Å². The summed E-state index contributed by atoms with van der Waals surface area (Å²) >= 11 is 11.9. The van der Waals surface area contributed by atoms with Crippen molar-refractivity contribution >= 4 is 52.7 Å². The molecule has 2 atom stereocenters. The standard InChI is InChI=1S/C19H22Cl2N2O7/c1-9(2)16(22-10(3)24)18(27)23-17(19(28)29)14(25)8-30-15(26)7-11-12(20)5-4-6-13(11)21/h4-6,9,16-17H,7-8H2,1-3H3,(H,22,24)(H,23,27)(H,28,29)/t16-,17+/m0/s1. The van der Waals surface area contributed by atoms with Crippen molar-refractivity contribution in [2.45, 2.75) is 39.3 Å². The Balaban J connectivity index is 2.75. The van der Waals surface area contributed by atoms with Crippen molar-refractivity contribution in [2.75, 3.05) is 6.61 Å². The second-order valence-electron chi connectivity index (χ2n) is 6.71. The van der Waals surface area contributed by atoms with Gasteiger partial charge in [-0.2, -0.15) is 0 Å². The van der Waals surface area contributed by atoms with Crippen LogP contribution in [0.5, 0.6) is 0 Å². The van der Waals surface area contributed by atoms with Gasteiger partial charge in [-0.3, -0.25) is 19.2 Å². The van der Waals surface area contributed by atoms with Gasteiger partial charge in [-0.25, -0.2) is 4.79 Å². The Bertz CT molecular complexity index is 822. The third-order valence-electron chi connectivity index (χ3n) is 3.92. The Morgan fingerprint density at radius 2 is 1.63 bits per heavy atom. The molecule has 1 aromatic rings. The Morgan fingerprint density at radius 3 is 2.10 bits per heavy atom. The first-order chi connectivity index (χ1) is 13.9. The fraction of sp³-hybridized carbons (Fsp3) is 0.421. The molecule has 0 bridgehead atoms. The molecular formula is C19H22Cl2N2O7. The molecule has 9 nitrogen and oxygen atoms in total. The van der Waals surface area contributed by atoms with Gasteiger partial charge in [0.2, 0.25) is 17.6 Å². The summed E-state index contributed by atoms with van der Waals surface area (Å²) in [5, 5.41) is 14.2. The predicted octanol–water partition coefficient (Wildman–Crippen LogP) is 1.38. The lowest BCUT2D eigenvalue weighted by Gasteiger charge is -2.23. The first kappa shape index (κ1) is 25.4. The van der Waals surface area contributed by atoms with E-state index in [0.717, 1.165) is 0 Å². The van der Waals surface area contributed by atoms with Crippen molar-refractivity contribution in [3.8, 4) is 0 Å². The Morgan fingerprint density at radius 1 is 1.07 bits per heavy atom. The van der Waals surface area contributed by atoms with Crippen LogP contribution in [0, 0.1) is 5.92 Å². The molecule has 0 unspecified atom stereocenters. The molecule has 0 saturated carbocycles. The molecule has 1 rings (SSSR count). The van der Waals surface area contributed by atoms with E-state index in [4.69, 9.17) is 27.9 Å². The molecule has 3 N–H and O–H groups in total. The van der Waals surface area contributed by atoms with Crippen molar-refractivity contribution in [2.24, 2.45) is 5.92 Å². The van der Waals surface area contributed by atoms with E-state index in [1.807, 2.05) is 0 Å². The maximum atomic E-state index is 12.3. The van der Waals surface area contributed by atoms with Crippen LogP contribution >= 0.6 is 23.2 Å². The summed E-state index contributed by atoms with van der Waals surface area (Å²) in [5.41, 5.74) is 0.302. The average molecular weight is 461 g/mol. The van der Waals surface area contributed by atoms with Crippen molar-refractivity contribution in [1.29, 1.82) is 0 Å². The molecule has 0 heterocycles. The van der Waals surface area contributed by atoms with Crippen LogP contribution in [0.15, 0.2) is 18.2 Å². The van der Waals surface area contributed by atoms with E-state index >= 15 is 0 Å². The number of amides is 2. The number of Topliss-reactive ketones (excluding diaryl/α,β-unsaturated/α-hetero) is 1. The van der Waals surface area contributed by atoms with Gasteiger partial charge in [-0.05, 0) is 18.1 Å². The van der Waals surface area contributed by atoms with E-state index in [2.05, 4.69) is 10.6 Å². The summed E-state index contributed by atoms with van der Waals surface area (Å²) < 4.78 is 4.81. The third kappa shape index (κ3) is 7.64. The predicted molar refractivity (Wildman–Crippen MR) is 108 cm³/mol. The summed E-state index contributed by atoms with van der Waals surface area (Å²) in [6.07, 6.45) is -0.326. The number of rotatable bonds is 10. The Kier molecular flexibility index (Phi) is 9.74.